The third-order valence-corrected chi connectivity index (χ3v) is 3.20. The highest BCUT2D eigenvalue weighted by molar-refractivity contribution is 6.30. The lowest BCUT2D eigenvalue weighted by atomic mass is 10.1. The molecule has 0 spiro atoms. The Morgan fingerprint density at radius 2 is 2.16 bits per heavy atom. The minimum atomic E-state index is -0.502. The first-order chi connectivity index (χ1) is 9.04. The summed E-state index contributed by atoms with van der Waals surface area (Å²) in [7, 11) is 1.60. The largest absolute Gasteiger partial charge is 0.326 e. The smallest absolute Gasteiger partial charge is 0.255 e. The van der Waals surface area contributed by atoms with E-state index in [4.69, 9.17) is 16.9 Å². The minimum absolute atomic E-state index is 0.241. The van der Waals surface area contributed by atoms with Crippen LogP contribution < -0.4 is 0 Å². The van der Waals surface area contributed by atoms with Crippen LogP contribution in [0.25, 0.3) is 10.9 Å². The number of fused-ring (bicyclic) bond motifs is 1. The molecule has 0 aliphatic heterocycles. The number of benzene rings is 1. The summed E-state index contributed by atoms with van der Waals surface area (Å²) >= 11 is 5.94. The van der Waals surface area contributed by atoms with Crippen LogP contribution in [0.1, 0.15) is 17.3 Å². The maximum atomic E-state index is 12.4. The third-order valence-electron chi connectivity index (χ3n) is 3.00. The molecule has 0 aliphatic rings. The van der Waals surface area contributed by atoms with Gasteiger partial charge in [-0.3, -0.25) is 4.79 Å². The number of halogens is 1. The molecule has 1 atom stereocenters. The van der Waals surface area contributed by atoms with Gasteiger partial charge in [0.05, 0.1) is 17.1 Å². The molecule has 96 valence electrons. The van der Waals surface area contributed by atoms with E-state index in [0.29, 0.717) is 11.1 Å². The Labute approximate surface area is 116 Å². The van der Waals surface area contributed by atoms with E-state index >= 15 is 0 Å². The van der Waals surface area contributed by atoms with Gasteiger partial charge < -0.3 is 4.90 Å². The van der Waals surface area contributed by atoms with Crippen molar-refractivity contribution in [1.29, 1.82) is 5.26 Å². The SMILES string of the molecule is CC(C#N)N(C)C(=O)c1cc(Cl)nc2ccccc12. The van der Waals surface area contributed by atoms with Crippen LogP contribution >= 0.6 is 11.6 Å². The standard InChI is InChI=1S/C14H12ClN3O/c1-9(8-16)18(2)14(19)11-7-13(15)17-12-6-4-3-5-10(11)12/h3-7,9H,1-2H3. The molecule has 0 N–H and O–H groups in total. The van der Waals surface area contributed by atoms with E-state index in [-0.39, 0.29) is 11.1 Å². The Morgan fingerprint density at radius 1 is 1.47 bits per heavy atom. The van der Waals surface area contributed by atoms with Gasteiger partial charge in [-0.2, -0.15) is 5.26 Å². The second-order valence-corrected chi connectivity index (χ2v) is 4.62. The number of carbonyl (C=O) groups is 1. The Balaban J connectivity index is 2.56. The van der Waals surface area contributed by atoms with Gasteiger partial charge in [-0.1, -0.05) is 29.8 Å². The predicted octanol–water partition coefficient (Wildman–Crippen LogP) is 2.87. The number of rotatable bonds is 2. The Kier molecular flexibility index (Phi) is 3.68. The summed E-state index contributed by atoms with van der Waals surface area (Å²) in [5, 5.41) is 9.88. The molecule has 4 nitrogen and oxygen atoms in total. The number of hydrogen-bond acceptors (Lipinski definition) is 3. The number of amides is 1. The second-order valence-electron chi connectivity index (χ2n) is 4.23. The normalized spacial score (nSPS) is 11.9. The van der Waals surface area contributed by atoms with Crippen molar-refractivity contribution in [2.45, 2.75) is 13.0 Å². The van der Waals surface area contributed by atoms with E-state index in [1.807, 2.05) is 24.3 Å². The van der Waals surface area contributed by atoms with Gasteiger partial charge in [0.1, 0.15) is 11.2 Å². The predicted molar refractivity (Wildman–Crippen MR) is 73.9 cm³/mol. The lowest BCUT2D eigenvalue weighted by Gasteiger charge is -2.20. The van der Waals surface area contributed by atoms with Crippen molar-refractivity contribution in [2.75, 3.05) is 7.05 Å². The van der Waals surface area contributed by atoms with Gasteiger partial charge in [-0.05, 0) is 19.1 Å². The number of carbonyl (C=O) groups excluding carboxylic acids is 1. The Morgan fingerprint density at radius 3 is 2.84 bits per heavy atom. The van der Waals surface area contributed by atoms with Crippen molar-refractivity contribution < 1.29 is 4.79 Å². The summed E-state index contributed by atoms with van der Waals surface area (Å²) in [5.41, 5.74) is 1.12. The monoisotopic (exact) mass is 273 g/mol. The number of pyridine rings is 1. The van der Waals surface area contributed by atoms with Crippen molar-refractivity contribution in [2.24, 2.45) is 0 Å². The Bertz CT molecular complexity index is 678. The fourth-order valence-corrected chi connectivity index (χ4v) is 1.97. The fourth-order valence-electron chi connectivity index (χ4n) is 1.77. The molecule has 0 radical (unpaired) electrons. The molecule has 1 amide bonds. The number of para-hydroxylation sites is 1. The minimum Gasteiger partial charge on any atom is -0.326 e. The molecule has 0 fully saturated rings. The highest BCUT2D eigenvalue weighted by Gasteiger charge is 2.20. The van der Waals surface area contributed by atoms with Crippen molar-refractivity contribution in [3.8, 4) is 6.07 Å². The van der Waals surface area contributed by atoms with Gasteiger partial charge in [0.15, 0.2) is 0 Å². The molecule has 0 bridgehead atoms. The van der Waals surface area contributed by atoms with Crippen molar-refractivity contribution in [1.82, 2.24) is 9.88 Å². The highest BCUT2D eigenvalue weighted by Crippen LogP contribution is 2.22. The van der Waals surface area contributed by atoms with Crippen LogP contribution in [-0.4, -0.2) is 28.9 Å². The molecule has 1 heterocycles. The summed E-state index contributed by atoms with van der Waals surface area (Å²) in [6, 6.07) is 10.4. The summed E-state index contributed by atoms with van der Waals surface area (Å²) in [6.45, 7) is 1.67. The molecular weight excluding hydrogens is 262 g/mol. The first kappa shape index (κ1) is 13.3. The fraction of sp³-hybridized carbons (Fsp3) is 0.214. The molecule has 19 heavy (non-hydrogen) atoms. The van der Waals surface area contributed by atoms with Crippen LogP contribution in [-0.2, 0) is 0 Å². The topological polar surface area (TPSA) is 57.0 Å². The van der Waals surface area contributed by atoms with Crippen LogP contribution in [0.15, 0.2) is 30.3 Å². The van der Waals surface area contributed by atoms with E-state index in [0.717, 1.165) is 5.39 Å². The molecule has 5 heteroatoms. The zero-order chi connectivity index (χ0) is 14.0. The van der Waals surface area contributed by atoms with Gasteiger partial charge in [-0.15, -0.1) is 0 Å². The number of aromatic nitrogens is 1. The molecular formula is C14H12ClN3O. The van der Waals surface area contributed by atoms with E-state index in [1.165, 1.54) is 11.0 Å². The first-order valence-electron chi connectivity index (χ1n) is 5.76. The van der Waals surface area contributed by atoms with Gasteiger partial charge in [0, 0.05) is 12.4 Å². The van der Waals surface area contributed by atoms with E-state index < -0.39 is 6.04 Å². The van der Waals surface area contributed by atoms with Gasteiger partial charge in [0.25, 0.3) is 5.91 Å². The average Bonchev–Trinajstić information content (AvgIpc) is 2.43. The molecule has 2 aromatic rings. The Hall–Kier alpha value is -2.12. The van der Waals surface area contributed by atoms with Crippen molar-refractivity contribution in [3.63, 3.8) is 0 Å². The van der Waals surface area contributed by atoms with Gasteiger partial charge in [0.2, 0.25) is 0 Å². The van der Waals surface area contributed by atoms with Crippen molar-refractivity contribution in [3.05, 3.63) is 41.0 Å². The summed E-state index contributed by atoms with van der Waals surface area (Å²) in [4.78, 5) is 18.0. The van der Waals surface area contributed by atoms with E-state index in [2.05, 4.69) is 4.98 Å². The quantitative estimate of drug-likeness (QED) is 0.791. The highest BCUT2D eigenvalue weighted by atomic mass is 35.5. The molecule has 0 saturated heterocycles. The van der Waals surface area contributed by atoms with E-state index in [1.54, 1.807) is 20.0 Å². The number of hydrogen-bond donors (Lipinski definition) is 0. The van der Waals surface area contributed by atoms with Crippen LogP contribution in [0.3, 0.4) is 0 Å². The molecule has 2 rings (SSSR count). The molecule has 1 unspecified atom stereocenters. The average molecular weight is 274 g/mol. The van der Waals surface area contributed by atoms with Crippen LogP contribution in [0.2, 0.25) is 5.15 Å². The zero-order valence-corrected chi connectivity index (χ0v) is 11.3. The van der Waals surface area contributed by atoms with Crippen LogP contribution in [0.4, 0.5) is 0 Å². The number of nitrogens with zero attached hydrogens (tertiary/aromatic N) is 3. The summed E-state index contributed by atoms with van der Waals surface area (Å²) in [5.74, 6) is -0.241. The molecule has 0 saturated carbocycles. The first-order valence-corrected chi connectivity index (χ1v) is 6.14. The third kappa shape index (κ3) is 2.51. The van der Waals surface area contributed by atoms with Crippen molar-refractivity contribution >= 4 is 28.4 Å². The van der Waals surface area contributed by atoms with Crippen LogP contribution in [0, 0.1) is 11.3 Å². The molecule has 0 aliphatic carbocycles. The number of nitriles is 1. The lowest BCUT2D eigenvalue weighted by Crippen LogP contribution is -2.34. The summed E-state index contributed by atoms with van der Waals surface area (Å²) in [6.07, 6.45) is 0. The van der Waals surface area contributed by atoms with Gasteiger partial charge in [-0.25, -0.2) is 4.98 Å². The molecule has 1 aromatic heterocycles. The maximum absolute atomic E-state index is 12.4. The second kappa shape index (κ2) is 5.25. The van der Waals surface area contributed by atoms with Crippen LogP contribution in [0.5, 0.6) is 0 Å². The molecule has 1 aromatic carbocycles. The maximum Gasteiger partial charge on any atom is 0.255 e. The van der Waals surface area contributed by atoms with Gasteiger partial charge >= 0.3 is 0 Å². The lowest BCUT2D eigenvalue weighted by molar-refractivity contribution is 0.0775. The summed E-state index contributed by atoms with van der Waals surface area (Å²) < 4.78 is 0. The zero-order valence-electron chi connectivity index (χ0n) is 10.6. The van der Waals surface area contributed by atoms with E-state index in [9.17, 15) is 4.79 Å².